The van der Waals surface area contributed by atoms with Gasteiger partial charge in [-0.3, -0.25) is 0 Å². The first kappa shape index (κ1) is 34.6. The fraction of sp³-hybridized carbons (Fsp3) is 0.419. The maximum absolute atomic E-state index is 2.58. The van der Waals surface area contributed by atoms with Gasteiger partial charge in [0, 0.05) is 47.5 Å². The van der Waals surface area contributed by atoms with Gasteiger partial charge in [0.25, 0.3) is 0 Å². The van der Waals surface area contributed by atoms with Crippen LogP contribution in [0.3, 0.4) is 0 Å². The van der Waals surface area contributed by atoms with Gasteiger partial charge < -0.3 is 13.9 Å². The molecule has 0 amide bonds. The Morgan fingerprint density at radius 3 is 1.98 bits per heavy atom. The molecule has 0 radical (unpaired) electrons. The first-order chi connectivity index (χ1) is 22.1. The Balaban J connectivity index is 1.57. The van der Waals surface area contributed by atoms with Gasteiger partial charge >= 0.3 is 0 Å². The van der Waals surface area contributed by atoms with E-state index in [1.54, 1.807) is 0 Å². The van der Waals surface area contributed by atoms with Crippen molar-refractivity contribution in [3.05, 3.63) is 126 Å². The van der Waals surface area contributed by atoms with Crippen molar-refractivity contribution in [3.8, 4) is 0 Å². The zero-order chi connectivity index (χ0) is 34.0. The summed E-state index contributed by atoms with van der Waals surface area (Å²) in [5, 5.41) is 0. The average Bonchev–Trinajstić information content (AvgIpc) is 3.35. The minimum atomic E-state index is -0.0819. The third-order valence-electron chi connectivity index (χ3n) is 9.97. The van der Waals surface area contributed by atoms with Gasteiger partial charge in [0.15, 0.2) is 12.3 Å². The third-order valence-corrected chi connectivity index (χ3v) is 9.97. The van der Waals surface area contributed by atoms with E-state index in [2.05, 4.69) is 183 Å². The number of fused-ring (bicyclic) bond motifs is 2. The summed E-state index contributed by atoms with van der Waals surface area (Å²) in [6.45, 7) is 13.8. The van der Waals surface area contributed by atoms with E-state index in [1.165, 1.54) is 45.0 Å². The van der Waals surface area contributed by atoms with Gasteiger partial charge in [0.05, 0.1) is 67.2 Å². The van der Waals surface area contributed by atoms with Gasteiger partial charge in [-0.25, -0.2) is 0 Å². The van der Waals surface area contributed by atoms with Crippen LogP contribution in [0.4, 0.5) is 11.4 Å². The lowest BCUT2D eigenvalue weighted by Crippen LogP contribution is -2.37. The van der Waals surface area contributed by atoms with Crippen molar-refractivity contribution in [1.82, 2.24) is 0 Å². The summed E-state index contributed by atoms with van der Waals surface area (Å²) < 4.78 is 4.53. The van der Waals surface area contributed by atoms with E-state index in [4.69, 9.17) is 0 Å². The van der Waals surface area contributed by atoms with Crippen LogP contribution in [-0.4, -0.2) is 87.7 Å². The Bertz CT molecular complexity index is 1690. The molecule has 2 heterocycles. The minimum Gasteiger partial charge on any atom is -0.344 e. The van der Waals surface area contributed by atoms with Crippen molar-refractivity contribution >= 4 is 22.7 Å². The molecular weight excluding hydrogens is 573 g/mol. The topological polar surface area (TPSA) is 6.25 Å². The van der Waals surface area contributed by atoms with Crippen LogP contribution in [0.15, 0.2) is 109 Å². The molecule has 0 spiro atoms. The maximum Gasteiger partial charge on any atom is 0.209 e. The fourth-order valence-corrected chi connectivity index (χ4v) is 7.39. The molecule has 4 heteroatoms. The number of anilines is 1. The lowest BCUT2D eigenvalue weighted by molar-refractivity contribution is -0.871. The number of hydrogen-bond acceptors (Lipinski definition) is 1. The number of benzene rings is 3. The molecule has 3 aromatic rings. The first-order valence-electron chi connectivity index (χ1n) is 17.5. The number of hydrogen-bond donors (Lipinski definition) is 0. The van der Waals surface area contributed by atoms with E-state index in [0.29, 0.717) is 0 Å². The summed E-state index contributed by atoms with van der Waals surface area (Å²) in [5.74, 6) is 0. The molecule has 0 saturated carbocycles. The minimum absolute atomic E-state index is 0.0819. The Morgan fingerprint density at radius 2 is 1.30 bits per heavy atom. The Morgan fingerprint density at radius 1 is 0.702 bits per heavy atom. The Kier molecular flexibility index (Phi) is 9.87. The normalized spacial score (nSPS) is 18.4. The van der Waals surface area contributed by atoms with Crippen molar-refractivity contribution in [2.45, 2.75) is 51.4 Å². The van der Waals surface area contributed by atoms with Crippen molar-refractivity contribution in [1.29, 1.82) is 0 Å². The highest BCUT2D eigenvalue weighted by Crippen LogP contribution is 2.48. The van der Waals surface area contributed by atoms with Crippen LogP contribution in [0.25, 0.3) is 5.57 Å². The molecule has 0 N–H and O–H groups in total. The van der Waals surface area contributed by atoms with Gasteiger partial charge in [-0.05, 0) is 48.8 Å². The van der Waals surface area contributed by atoms with Crippen molar-refractivity contribution in [3.63, 3.8) is 0 Å². The number of quaternary nitrogens is 2. The highest BCUT2D eigenvalue weighted by molar-refractivity contribution is 6.04. The molecule has 0 aliphatic carbocycles. The first-order valence-corrected chi connectivity index (χ1v) is 17.5. The quantitative estimate of drug-likeness (QED) is 0.110. The van der Waals surface area contributed by atoms with Crippen molar-refractivity contribution in [2.75, 3.05) is 73.4 Å². The van der Waals surface area contributed by atoms with E-state index < -0.39 is 0 Å². The number of allylic oxidation sites excluding steroid dienone is 6. The zero-order valence-corrected chi connectivity index (χ0v) is 30.8. The molecule has 2 aliphatic rings. The van der Waals surface area contributed by atoms with Gasteiger partial charge in [0.1, 0.15) is 0 Å². The largest absolute Gasteiger partial charge is 0.344 e. The van der Waals surface area contributed by atoms with Crippen molar-refractivity contribution < 1.29 is 13.5 Å². The molecule has 0 bridgehead atoms. The van der Waals surface area contributed by atoms with Gasteiger partial charge in [0.2, 0.25) is 5.69 Å². The molecule has 0 fully saturated rings. The summed E-state index contributed by atoms with van der Waals surface area (Å²) in [7, 11) is 13.7. The molecule has 0 atom stereocenters. The molecule has 0 saturated heterocycles. The predicted octanol–water partition coefficient (Wildman–Crippen LogP) is 8.58. The summed E-state index contributed by atoms with van der Waals surface area (Å²) in [6.07, 6.45) is 11.8. The summed E-state index contributed by atoms with van der Waals surface area (Å²) >= 11 is 0. The van der Waals surface area contributed by atoms with E-state index in [-0.39, 0.29) is 10.8 Å². The zero-order valence-electron chi connectivity index (χ0n) is 30.8. The van der Waals surface area contributed by atoms with E-state index in [9.17, 15) is 0 Å². The standard InChI is InChI=1S/C43H59N4/c1-42(2)36-22-14-16-24-38(36)44(30-18-32-46(5,6)7)40(42)28-26-35(34-20-12-11-13-21-34)27-29-41-43(3,4)37-23-15-17-25-39(37)45(41)31-19-33-47(8,9)10/h11-17,20-29H,18-19,30-33H2,1-10H3/q+3. The summed E-state index contributed by atoms with van der Waals surface area (Å²) in [4.78, 5) is 2.58. The number of nitrogens with zero attached hydrogens (tertiary/aromatic N) is 4. The van der Waals surface area contributed by atoms with Crippen LogP contribution in [0.2, 0.25) is 0 Å². The van der Waals surface area contributed by atoms with Gasteiger partial charge in [-0.2, -0.15) is 4.58 Å². The molecule has 3 aromatic carbocycles. The predicted molar refractivity (Wildman–Crippen MR) is 203 cm³/mol. The average molecular weight is 632 g/mol. The van der Waals surface area contributed by atoms with Crippen LogP contribution in [0.1, 0.15) is 57.2 Å². The van der Waals surface area contributed by atoms with Crippen LogP contribution in [0.5, 0.6) is 0 Å². The smallest absolute Gasteiger partial charge is 0.209 e. The monoisotopic (exact) mass is 631 g/mol. The molecule has 4 nitrogen and oxygen atoms in total. The van der Waals surface area contributed by atoms with E-state index >= 15 is 0 Å². The summed E-state index contributed by atoms with van der Waals surface area (Å²) in [5.41, 5.74) is 10.5. The molecule has 2 aliphatic heterocycles. The Hall–Kier alpha value is -3.73. The number of rotatable bonds is 12. The Labute approximate surface area is 285 Å². The molecular formula is C43H59N4+3. The van der Waals surface area contributed by atoms with Crippen LogP contribution in [0, 0.1) is 0 Å². The second-order valence-corrected chi connectivity index (χ2v) is 16.6. The van der Waals surface area contributed by atoms with Crippen LogP contribution < -0.4 is 4.90 Å². The number of para-hydroxylation sites is 2. The summed E-state index contributed by atoms with van der Waals surface area (Å²) in [6, 6.07) is 28.8. The molecule has 0 unspecified atom stereocenters. The van der Waals surface area contributed by atoms with Crippen LogP contribution >= 0.6 is 0 Å². The lowest BCUT2D eigenvalue weighted by atomic mass is 9.81. The fourth-order valence-electron chi connectivity index (χ4n) is 7.39. The second-order valence-electron chi connectivity index (χ2n) is 16.6. The second kappa shape index (κ2) is 13.4. The van der Waals surface area contributed by atoms with E-state index in [0.717, 1.165) is 48.0 Å². The van der Waals surface area contributed by atoms with Crippen LogP contribution in [-0.2, 0) is 10.8 Å². The van der Waals surface area contributed by atoms with Crippen molar-refractivity contribution in [2.24, 2.45) is 0 Å². The lowest BCUT2D eigenvalue weighted by Gasteiger charge is -2.29. The molecule has 248 valence electrons. The molecule has 0 aromatic heterocycles. The van der Waals surface area contributed by atoms with Gasteiger partial charge in [-0.15, -0.1) is 0 Å². The third kappa shape index (κ3) is 7.71. The molecule has 47 heavy (non-hydrogen) atoms. The molecule has 5 rings (SSSR count). The SMILES string of the molecule is CC1(C)C(=CC=C(C=CC2=[N+](CCC[N+](C)(C)C)c3ccccc3C2(C)C)c2ccccc2)N(CCC[N+](C)(C)C)c2ccccc21. The van der Waals surface area contributed by atoms with Gasteiger partial charge in [-0.1, -0.05) is 86.7 Å². The van der Waals surface area contributed by atoms with E-state index in [1.807, 2.05) is 0 Å². The highest BCUT2D eigenvalue weighted by Gasteiger charge is 2.44. The highest BCUT2D eigenvalue weighted by atomic mass is 15.3. The maximum atomic E-state index is 2.58.